The van der Waals surface area contributed by atoms with Crippen LogP contribution < -0.4 is 10.4 Å². The van der Waals surface area contributed by atoms with E-state index in [1.807, 2.05) is 52.0 Å². The number of aliphatic hydroxyl groups is 1. The van der Waals surface area contributed by atoms with Gasteiger partial charge in [0, 0.05) is 24.8 Å². The van der Waals surface area contributed by atoms with Gasteiger partial charge in [-0.25, -0.2) is 4.79 Å². The summed E-state index contributed by atoms with van der Waals surface area (Å²) in [6.07, 6.45) is 5.48. The molecule has 0 bridgehead atoms. The molecular formula is C26H32O6. The highest BCUT2D eigenvalue weighted by Gasteiger charge is 2.15. The average Bonchev–Trinajstić information content (AvgIpc) is 2.70. The quantitative estimate of drug-likeness (QED) is 0.314. The van der Waals surface area contributed by atoms with Crippen molar-refractivity contribution in [2.24, 2.45) is 0 Å². The molecule has 6 nitrogen and oxygen atoms in total. The Morgan fingerprint density at radius 3 is 2.53 bits per heavy atom. The van der Waals surface area contributed by atoms with E-state index in [0.717, 1.165) is 22.1 Å². The summed E-state index contributed by atoms with van der Waals surface area (Å²) in [6.45, 7) is 9.39. The number of benzene rings is 1. The van der Waals surface area contributed by atoms with Crippen molar-refractivity contribution in [1.29, 1.82) is 0 Å². The molecule has 0 aliphatic rings. The molecule has 0 radical (unpaired) electrons. The summed E-state index contributed by atoms with van der Waals surface area (Å²) in [5.74, 6) is 0.140. The Labute approximate surface area is 188 Å². The van der Waals surface area contributed by atoms with Crippen LogP contribution >= 0.6 is 0 Å². The summed E-state index contributed by atoms with van der Waals surface area (Å²) in [5, 5.41) is 11.3. The Hall–Kier alpha value is -3.12. The van der Waals surface area contributed by atoms with Crippen LogP contribution in [0, 0.1) is 0 Å². The van der Waals surface area contributed by atoms with Crippen LogP contribution in [0.25, 0.3) is 11.0 Å². The first-order valence-electron chi connectivity index (χ1n) is 10.6. The van der Waals surface area contributed by atoms with Gasteiger partial charge in [-0.2, -0.15) is 0 Å². The van der Waals surface area contributed by atoms with Crippen LogP contribution in [-0.2, 0) is 9.53 Å². The van der Waals surface area contributed by atoms with Gasteiger partial charge in [-0.15, -0.1) is 0 Å². The van der Waals surface area contributed by atoms with Crippen LogP contribution in [0.1, 0.15) is 47.5 Å². The van der Waals surface area contributed by atoms with Crippen molar-refractivity contribution in [3.8, 4) is 5.75 Å². The standard InChI is InChI=1S/C26H32O6/c1-17(2)9-11-23(31-20(5)27)19(4)16-22(28)15-18(3)13-14-30-24-8-6-7-21-10-12-25(29)32-26(21)24/h6-10,12-13,16,22-23,28H,11,14-15H2,1-5H3/b18-13+,19-16+. The molecule has 172 valence electrons. The smallest absolute Gasteiger partial charge is 0.336 e. The highest BCUT2D eigenvalue weighted by molar-refractivity contribution is 5.82. The number of para-hydroxylation sites is 1. The lowest BCUT2D eigenvalue weighted by Crippen LogP contribution is -2.19. The first-order valence-corrected chi connectivity index (χ1v) is 10.6. The van der Waals surface area contributed by atoms with Crippen LogP contribution in [0.3, 0.4) is 0 Å². The van der Waals surface area contributed by atoms with E-state index in [4.69, 9.17) is 13.9 Å². The lowest BCUT2D eigenvalue weighted by molar-refractivity contribution is -0.144. The van der Waals surface area contributed by atoms with Gasteiger partial charge in [0.2, 0.25) is 0 Å². The molecule has 0 amide bonds. The molecule has 1 aromatic heterocycles. The van der Waals surface area contributed by atoms with Crippen molar-refractivity contribution in [1.82, 2.24) is 0 Å². The van der Waals surface area contributed by atoms with Gasteiger partial charge < -0.3 is 19.0 Å². The Bertz CT molecular complexity index is 1070. The molecular weight excluding hydrogens is 408 g/mol. The van der Waals surface area contributed by atoms with Crippen molar-refractivity contribution in [3.63, 3.8) is 0 Å². The lowest BCUT2D eigenvalue weighted by Gasteiger charge is -2.18. The van der Waals surface area contributed by atoms with Crippen LogP contribution in [-0.4, -0.2) is 29.9 Å². The van der Waals surface area contributed by atoms with Crippen molar-refractivity contribution in [2.45, 2.75) is 59.7 Å². The molecule has 0 spiro atoms. The van der Waals surface area contributed by atoms with Gasteiger partial charge in [0.05, 0.1) is 6.10 Å². The predicted octanol–water partition coefficient (Wildman–Crippen LogP) is 5.10. The third kappa shape index (κ3) is 8.19. The van der Waals surface area contributed by atoms with Crippen molar-refractivity contribution in [3.05, 3.63) is 75.7 Å². The number of hydrogen-bond donors (Lipinski definition) is 1. The van der Waals surface area contributed by atoms with Crippen LogP contribution in [0.5, 0.6) is 5.75 Å². The third-order valence-electron chi connectivity index (χ3n) is 4.82. The van der Waals surface area contributed by atoms with E-state index in [2.05, 4.69) is 0 Å². The molecule has 0 saturated carbocycles. The summed E-state index contributed by atoms with van der Waals surface area (Å²) in [5.41, 5.74) is 2.87. The van der Waals surface area contributed by atoms with E-state index in [9.17, 15) is 14.7 Å². The molecule has 1 heterocycles. The first-order chi connectivity index (χ1) is 15.2. The fraction of sp³-hybridized carbons (Fsp3) is 0.385. The van der Waals surface area contributed by atoms with Crippen LogP contribution in [0.15, 0.2) is 74.5 Å². The SMILES string of the molecule is CC(=O)OC(CC=C(C)C)/C(C)=C/C(O)C/C(C)=C/COc1cccc2ccc(=O)oc12. The minimum atomic E-state index is -0.716. The van der Waals surface area contributed by atoms with Crippen LogP contribution in [0.2, 0.25) is 0 Å². The number of carbonyl (C=O) groups is 1. The Kier molecular flexibility index (Phi) is 9.47. The second kappa shape index (κ2) is 12.1. The number of aliphatic hydroxyl groups excluding tert-OH is 1. The number of rotatable bonds is 10. The molecule has 0 fully saturated rings. The third-order valence-corrected chi connectivity index (χ3v) is 4.82. The van der Waals surface area contributed by atoms with E-state index in [1.54, 1.807) is 18.2 Å². The molecule has 1 N–H and O–H groups in total. The summed E-state index contributed by atoms with van der Waals surface area (Å²) < 4.78 is 16.4. The van der Waals surface area contributed by atoms with Crippen molar-refractivity contribution in [2.75, 3.05) is 6.61 Å². The van der Waals surface area contributed by atoms with E-state index in [0.29, 0.717) is 24.2 Å². The Balaban J connectivity index is 1.99. The normalized spacial score (nSPS) is 14.1. The number of fused-ring (bicyclic) bond motifs is 1. The molecule has 0 saturated heterocycles. The molecule has 2 unspecified atom stereocenters. The highest BCUT2D eigenvalue weighted by Crippen LogP contribution is 2.24. The maximum Gasteiger partial charge on any atom is 0.336 e. The number of hydrogen-bond acceptors (Lipinski definition) is 6. The average molecular weight is 441 g/mol. The second-order valence-corrected chi connectivity index (χ2v) is 8.09. The molecule has 32 heavy (non-hydrogen) atoms. The van der Waals surface area contributed by atoms with Gasteiger partial charge in [0.25, 0.3) is 0 Å². The summed E-state index contributed by atoms with van der Waals surface area (Å²) in [6, 6.07) is 8.49. The molecule has 2 atom stereocenters. The maximum absolute atomic E-state index is 11.5. The van der Waals surface area contributed by atoms with Gasteiger partial charge in [0.15, 0.2) is 11.3 Å². The fourth-order valence-corrected chi connectivity index (χ4v) is 3.21. The van der Waals surface area contributed by atoms with E-state index in [1.165, 1.54) is 13.0 Å². The van der Waals surface area contributed by atoms with Crippen molar-refractivity contribution < 1.29 is 23.8 Å². The van der Waals surface area contributed by atoms with E-state index >= 15 is 0 Å². The van der Waals surface area contributed by atoms with Gasteiger partial charge in [-0.1, -0.05) is 35.4 Å². The molecule has 1 aromatic carbocycles. The lowest BCUT2D eigenvalue weighted by atomic mass is 10.0. The minimum Gasteiger partial charge on any atom is -0.486 e. The molecule has 2 aromatic rings. The molecule has 0 aliphatic heterocycles. The zero-order valence-electron chi connectivity index (χ0n) is 19.4. The van der Waals surface area contributed by atoms with E-state index in [-0.39, 0.29) is 12.6 Å². The molecule has 6 heteroatoms. The number of allylic oxidation sites excluding steroid dienone is 1. The molecule has 2 rings (SSSR count). The monoisotopic (exact) mass is 440 g/mol. The summed E-state index contributed by atoms with van der Waals surface area (Å²) >= 11 is 0. The number of ether oxygens (including phenoxy) is 2. The maximum atomic E-state index is 11.5. The largest absolute Gasteiger partial charge is 0.486 e. The molecule has 0 aliphatic carbocycles. The number of esters is 1. The van der Waals surface area contributed by atoms with E-state index < -0.39 is 17.8 Å². The fourth-order valence-electron chi connectivity index (χ4n) is 3.21. The summed E-state index contributed by atoms with van der Waals surface area (Å²) in [7, 11) is 0. The van der Waals surface area contributed by atoms with Crippen molar-refractivity contribution >= 4 is 16.9 Å². The van der Waals surface area contributed by atoms with Gasteiger partial charge in [0.1, 0.15) is 12.7 Å². The number of carbonyl (C=O) groups excluding carboxylic acids is 1. The topological polar surface area (TPSA) is 86.0 Å². The minimum absolute atomic E-state index is 0.273. The van der Waals surface area contributed by atoms with Crippen LogP contribution in [0.4, 0.5) is 0 Å². The van der Waals surface area contributed by atoms with Gasteiger partial charge in [-0.05, 0) is 57.9 Å². The summed E-state index contributed by atoms with van der Waals surface area (Å²) in [4.78, 5) is 22.9. The first kappa shape index (κ1) is 25.1. The highest BCUT2D eigenvalue weighted by atomic mass is 16.5. The zero-order valence-corrected chi connectivity index (χ0v) is 19.4. The predicted molar refractivity (Wildman–Crippen MR) is 126 cm³/mol. The second-order valence-electron chi connectivity index (χ2n) is 8.09. The Morgan fingerprint density at radius 1 is 1.09 bits per heavy atom. The zero-order chi connectivity index (χ0) is 23.7. The van der Waals surface area contributed by atoms with Gasteiger partial charge >= 0.3 is 11.6 Å². The Morgan fingerprint density at radius 2 is 1.84 bits per heavy atom. The van der Waals surface area contributed by atoms with Gasteiger partial charge in [-0.3, -0.25) is 4.79 Å².